The van der Waals surface area contributed by atoms with Crippen LogP contribution in [0.3, 0.4) is 0 Å². The van der Waals surface area contributed by atoms with E-state index in [0.717, 1.165) is 50.2 Å². The Morgan fingerprint density at radius 2 is 0.778 bits per heavy atom. The molecule has 0 radical (unpaired) electrons. The second-order valence-corrected chi connectivity index (χ2v) is 29.3. The Balaban J connectivity index is 0.000000140. The molecular weight excluding hydrogens is 1430 g/mol. The van der Waals surface area contributed by atoms with Crippen LogP contribution < -0.4 is 44.8 Å². The zero-order chi connectivity index (χ0) is 77.8. The van der Waals surface area contributed by atoms with Gasteiger partial charge in [-0.3, -0.25) is 14.4 Å². The van der Waals surface area contributed by atoms with Gasteiger partial charge in [-0.15, -0.1) is 26.3 Å². The van der Waals surface area contributed by atoms with Gasteiger partial charge in [0.15, 0.2) is 34.5 Å². The van der Waals surface area contributed by atoms with Gasteiger partial charge in [-0.2, -0.15) is 0 Å². The van der Waals surface area contributed by atoms with E-state index in [1.165, 1.54) is 42.5 Å². The summed E-state index contributed by atoms with van der Waals surface area (Å²) in [4.78, 5) is 78.2. The third-order valence-corrected chi connectivity index (χ3v) is 18.8. The molecule has 108 heavy (non-hydrogen) atoms. The maximum absolute atomic E-state index is 13.4. The fraction of sp³-hybridized carbons (Fsp3) is 0.280. The number of hydrogen-bond donors (Lipinski definition) is 4. The topological polar surface area (TPSA) is 259 Å². The normalized spacial score (nSPS) is 16.6. The van der Waals surface area contributed by atoms with E-state index in [2.05, 4.69) is 44.0 Å². The molecule has 1 aromatic heterocycles. The van der Waals surface area contributed by atoms with Crippen LogP contribution in [0.5, 0.6) is 34.5 Å². The summed E-state index contributed by atoms with van der Waals surface area (Å²) >= 11 is 5.51. The number of hydrogen-bond acceptors (Lipinski definition) is 16. The van der Waals surface area contributed by atoms with Crippen molar-refractivity contribution < 1.29 is 98.1 Å². The van der Waals surface area contributed by atoms with Crippen LogP contribution in [0.1, 0.15) is 145 Å². The van der Waals surface area contributed by atoms with Crippen molar-refractivity contribution in [2.45, 2.75) is 147 Å². The highest BCUT2D eigenvalue weighted by atomic mass is 35.5. The number of nitrogen functional groups attached to an aromatic ring is 1. The number of pyridine rings is 1. The van der Waals surface area contributed by atoms with E-state index >= 15 is 0 Å². The Kier molecular flexibility index (Phi) is 20.1. The number of amides is 2. The molecule has 3 fully saturated rings. The maximum atomic E-state index is 13.4. The van der Waals surface area contributed by atoms with Gasteiger partial charge in [-0.1, -0.05) is 72.8 Å². The van der Waals surface area contributed by atoms with E-state index in [4.69, 9.17) is 26.8 Å². The van der Waals surface area contributed by atoms with Gasteiger partial charge < -0.3 is 59.4 Å². The van der Waals surface area contributed by atoms with Gasteiger partial charge in [0.1, 0.15) is 17.0 Å². The smallest absolute Gasteiger partial charge is 0.478 e. The summed E-state index contributed by atoms with van der Waals surface area (Å²) < 4.78 is 117. The largest absolute Gasteiger partial charge is 0.586 e. The number of nitrogens with one attached hydrogen (secondary N) is 2. The summed E-state index contributed by atoms with van der Waals surface area (Å²) in [5, 5.41) is 14.7. The zero-order valence-corrected chi connectivity index (χ0v) is 60.6. The number of esters is 2. The average Bonchev–Trinajstić information content (AvgIpc) is 1.60. The van der Waals surface area contributed by atoms with Crippen LogP contribution in [-0.4, -0.2) is 75.1 Å². The number of carbonyl (C=O) groups is 6. The minimum absolute atomic E-state index is 0.0310. The molecule has 19 nitrogen and oxygen atoms in total. The summed E-state index contributed by atoms with van der Waals surface area (Å²) in [7, 11) is 0. The van der Waals surface area contributed by atoms with Crippen molar-refractivity contribution in [3.05, 3.63) is 226 Å². The molecule has 0 spiro atoms. The molecule has 0 unspecified atom stereocenters. The van der Waals surface area contributed by atoms with Crippen molar-refractivity contribution in [3.63, 3.8) is 0 Å². The van der Waals surface area contributed by atoms with Crippen LogP contribution in [-0.2, 0) is 40.1 Å². The Morgan fingerprint density at radius 1 is 0.435 bits per heavy atom. The van der Waals surface area contributed by atoms with Crippen molar-refractivity contribution in [1.82, 2.24) is 4.98 Å². The minimum atomic E-state index is -3.71. The standard InChI is InChI=1S/C29H27F2NO5.C25H19F2NO5.C17H20N2O2.C11H7ClF2O3/c1-17-8-10-21(16-22(17)18-6-5-7-19(14-18)25(33)37-27(2,3)4)32-26(34)28(12-13-28)20-9-11-23-24(15-20)36-29(30,31)35-23;1-14-5-7-18(13-19(14)15-3-2-4-16(11-15)22(29)30)28-23(31)24(9-10-24)17-6-8-20-21(12-17)33-25(26,27)32-20;1-11-8-9-14(18)19-15(11)12-6-5-7-13(10-12)16(20)21-17(2,3)4;12-9(15)10(3-4-10)6-1-2-7-8(5-6)17-11(13,14)16-7/h5-11,14-16H,12-13H2,1-4H3,(H,32,34);2-8,11-13H,9-10H2,1H3,(H,28,31)(H,29,30);5-10H,1-4H3,(H2,18,19);1-2,5H,3-4H2. The van der Waals surface area contributed by atoms with Crippen molar-refractivity contribution in [3.8, 4) is 68.0 Å². The number of nitrogens with zero attached hydrogens (tertiary/aromatic N) is 1. The number of anilines is 3. The molecule has 26 heteroatoms. The molecule has 6 aliphatic rings. The number of rotatable bonds is 14. The van der Waals surface area contributed by atoms with Gasteiger partial charge in [0.2, 0.25) is 17.1 Å². The first kappa shape index (κ1) is 76.1. The first-order chi connectivity index (χ1) is 50.7. The number of carboxylic acid groups (broad SMARTS) is 1. The second-order valence-electron chi connectivity index (χ2n) is 28.9. The Labute approximate surface area is 621 Å². The number of aryl methyl sites for hydroxylation is 3. The number of benzene rings is 8. The third kappa shape index (κ3) is 17.1. The Hall–Kier alpha value is -11.6. The van der Waals surface area contributed by atoms with E-state index in [-0.39, 0.29) is 57.8 Å². The SMILES string of the molecule is Cc1ccc(N)nc1-c1cccc(C(=O)OC(C)(C)C)c1.Cc1ccc(NC(=O)C2(c3ccc4c(c3)OC(F)(F)O4)CC2)cc1-c1cccc(C(=O)O)c1.Cc1ccc(NC(=O)C2(c3ccc4c(c3)OC(F)(F)O4)CC2)cc1-c1cccc(C(=O)OC(C)(C)C)c1.O=C(Cl)C1(c2ccc3c(c2)OC(F)(F)O3)CC1. The van der Waals surface area contributed by atoms with Gasteiger partial charge in [-0.05, 0) is 271 Å². The summed E-state index contributed by atoms with van der Waals surface area (Å²) in [6, 6.07) is 48.9. The van der Waals surface area contributed by atoms with Crippen LogP contribution in [0.25, 0.3) is 33.5 Å². The maximum Gasteiger partial charge on any atom is 0.586 e. The van der Waals surface area contributed by atoms with Crippen molar-refractivity contribution >= 4 is 63.8 Å². The molecule has 0 atom stereocenters. The number of halogens is 7. The van der Waals surface area contributed by atoms with Crippen LogP contribution in [0.15, 0.2) is 176 Å². The van der Waals surface area contributed by atoms with Crippen LogP contribution in [0, 0.1) is 20.8 Å². The quantitative estimate of drug-likeness (QED) is 0.0448. The number of nitrogens with two attached hydrogens (primary N) is 1. The molecule has 0 bridgehead atoms. The molecule has 5 N–H and O–H groups in total. The highest BCUT2D eigenvalue weighted by Gasteiger charge is 2.55. The molecule has 2 amide bonds. The van der Waals surface area contributed by atoms with Crippen molar-refractivity contribution in [1.29, 1.82) is 0 Å². The van der Waals surface area contributed by atoms with Gasteiger partial charge in [0, 0.05) is 16.9 Å². The second kappa shape index (κ2) is 28.6. The van der Waals surface area contributed by atoms with Crippen LogP contribution >= 0.6 is 11.6 Å². The van der Waals surface area contributed by atoms with Gasteiger partial charge in [-0.25, -0.2) is 19.4 Å². The van der Waals surface area contributed by atoms with E-state index in [1.807, 2.05) is 117 Å². The summed E-state index contributed by atoms with van der Waals surface area (Å²) in [5.74, 6) is -2.16. The van der Waals surface area contributed by atoms with Gasteiger partial charge in [0.25, 0.3) is 0 Å². The number of fused-ring (bicyclic) bond motifs is 3. The molecule has 560 valence electrons. The Morgan fingerprint density at radius 3 is 1.15 bits per heavy atom. The highest BCUT2D eigenvalue weighted by molar-refractivity contribution is 6.66. The summed E-state index contributed by atoms with van der Waals surface area (Å²) in [6.45, 7) is 16.8. The van der Waals surface area contributed by atoms with Crippen LogP contribution in [0.4, 0.5) is 43.5 Å². The number of aromatic nitrogens is 1. The minimum Gasteiger partial charge on any atom is -0.478 e. The lowest BCUT2D eigenvalue weighted by molar-refractivity contribution is -0.287. The number of carboxylic acids is 1. The predicted molar refractivity (Wildman–Crippen MR) is 388 cm³/mol. The van der Waals surface area contributed by atoms with Gasteiger partial charge >= 0.3 is 36.8 Å². The number of aromatic carboxylic acids is 1. The fourth-order valence-corrected chi connectivity index (χ4v) is 12.8. The third-order valence-electron chi connectivity index (χ3n) is 18.5. The van der Waals surface area contributed by atoms with E-state index in [0.29, 0.717) is 83.5 Å². The lowest BCUT2D eigenvalue weighted by atomic mass is 9.94. The molecule has 3 aliphatic heterocycles. The summed E-state index contributed by atoms with van der Waals surface area (Å²) in [5.41, 5.74) is 14.0. The highest BCUT2D eigenvalue weighted by Crippen LogP contribution is 2.56. The molecule has 0 saturated heterocycles. The molecule has 3 saturated carbocycles. The first-order valence-corrected chi connectivity index (χ1v) is 34.6. The van der Waals surface area contributed by atoms with Crippen molar-refractivity contribution in [2.75, 3.05) is 16.4 Å². The number of carbonyl (C=O) groups excluding carboxylic acids is 5. The van der Waals surface area contributed by atoms with E-state index < -0.39 is 63.5 Å². The number of ether oxygens (including phenoxy) is 8. The summed E-state index contributed by atoms with van der Waals surface area (Å²) in [6.07, 6.45) is -7.46. The molecule has 15 rings (SSSR count). The zero-order valence-electron chi connectivity index (χ0n) is 59.8. The molecule has 8 aromatic carbocycles. The van der Waals surface area contributed by atoms with E-state index in [1.54, 1.807) is 78.9 Å². The van der Waals surface area contributed by atoms with Gasteiger partial charge in [0.05, 0.1) is 38.6 Å². The lowest BCUT2D eigenvalue weighted by Crippen LogP contribution is -2.28. The fourth-order valence-electron chi connectivity index (χ4n) is 12.5. The molecular formula is C82H73ClF6N4O15. The molecule has 3 aliphatic carbocycles. The monoisotopic (exact) mass is 1500 g/mol. The van der Waals surface area contributed by atoms with Crippen molar-refractivity contribution in [2.24, 2.45) is 0 Å². The average molecular weight is 1500 g/mol. The molecule has 9 aromatic rings. The Bertz CT molecular complexity index is 5100. The number of alkyl halides is 6. The van der Waals surface area contributed by atoms with E-state index in [9.17, 15) is 60.2 Å². The first-order valence-electron chi connectivity index (χ1n) is 34.2. The van der Waals surface area contributed by atoms with Crippen LogP contribution in [0.2, 0.25) is 0 Å². The lowest BCUT2D eigenvalue weighted by Gasteiger charge is -2.20. The predicted octanol–water partition coefficient (Wildman–Crippen LogP) is 18.4. The molecule has 4 heterocycles.